The van der Waals surface area contributed by atoms with Gasteiger partial charge in [-0.25, -0.2) is 4.79 Å². The number of carbonyl (C=O) groups is 3. The SMILES string of the molecule is COC(=O)/C(=C/C(=O)c1ccccc1)C(C)=O. The number of methoxy groups -OCH3 is 1. The van der Waals surface area contributed by atoms with Gasteiger partial charge in [0, 0.05) is 11.6 Å². The molecule has 0 radical (unpaired) electrons. The van der Waals surface area contributed by atoms with Crippen LogP contribution >= 0.6 is 0 Å². The van der Waals surface area contributed by atoms with Gasteiger partial charge >= 0.3 is 5.97 Å². The van der Waals surface area contributed by atoms with Crippen molar-refractivity contribution in [2.45, 2.75) is 6.92 Å². The molecule has 4 heteroatoms. The molecule has 1 aromatic carbocycles. The molecule has 0 aliphatic rings. The Morgan fingerprint density at radius 1 is 1.12 bits per heavy atom. The summed E-state index contributed by atoms with van der Waals surface area (Å²) in [7, 11) is 1.16. The van der Waals surface area contributed by atoms with Crippen LogP contribution in [0.15, 0.2) is 42.0 Å². The molecule has 0 amide bonds. The topological polar surface area (TPSA) is 60.4 Å². The minimum atomic E-state index is -0.804. The van der Waals surface area contributed by atoms with E-state index in [9.17, 15) is 14.4 Å². The number of ether oxygens (including phenoxy) is 1. The Balaban J connectivity index is 3.04. The molecule has 0 bridgehead atoms. The Morgan fingerprint density at radius 3 is 2.18 bits per heavy atom. The van der Waals surface area contributed by atoms with E-state index in [0.29, 0.717) is 5.56 Å². The smallest absolute Gasteiger partial charge is 0.341 e. The molecule has 1 rings (SSSR count). The van der Waals surface area contributed by atoms with Gasteiger partial charge in [0.05, 0.1) is 7.11 Å². The average Bonchev–Trinajstić information content (AvgIpc) is 2.35. The van der Waals surface area contributed by atoms with Gasteiger partial charge < -0.3 is 4.74 Å². The minimum absolute atomic E-state index is 0.249. The number of hydrogen-bond acceptors (Lipinski definition) is 4. The van der Waals surface area contributed by atoms with Gasteiger partial charge in [-0.2, -0.15) is 0 Å². The summed E-state index contributed by atoms with van der Waals surface area (Å²) in [6.45, 7) is 1.21. The van der Waals surface area contributed by atoms with Crippen molar-refractivity contribution >= 4 is 17.5 Å². The van der Waals surface area contributed by atoms with Crippen LogP contribution in [0, 0.1) is 0 Å². The number of esters is 1. The first kappa shape index (κ1) is 12.8. The van der Waals surface area contributed by atoms with E-state index in [2.05, 4.69) is 4.74 Å². The summed E-state index contributed by atoms with van der Waals surface area (Å²) in [5, 5.41) is 0. The normalized spacial score (nSPS) is 10.8. The number of allylic oxidation sites excluding steroid dienone is 1. The van der Waals surface area contributed by atoms with Crippen LogP contribution in [0.5, 0.6) is 0 Å². The third kappa shape index (κ3) is 3.38. The molecule has 0 atom stereocenters. The highest BCUT2D eigenvalue weighted by Gasteiger charge is 2.16. The summed E-state index contributed by atoms with van der Waals surface area (Å²) in [5.74, 6) is -1.70. The Morgan fingerprint density at radius 2 is 1.71 bits per heavy atom. The van der Waals surface area contributed by atoms with Crippen molar-refractivity contribution in [1.29, 1.82) is 0 Å². The van der Waals surface area contributed by atoms with Gasteiger partial charge in [-0.1, -0.05) is 30.3 Å². The van der Waals surface area contributed by atoms with E-state index in [4.69, 9.17) is 0 Å². The van der Waals surface area contributed by atoms with E-state index >= 15 is 0 Å². The number of Topliss-reactive ketones (excluding diaryl/α,β-unsaturated/α-hetero) is 1. The van der Waals surface area contributed by atoms with Crippen molar-refractivity contribution in [2.24, 2.45) is 0 Å². The van der Waals surface area contributed by atoms with Crippen molar-refractivity contribution in [2.75, 3.05) is 7.11 Å². The fourth-order valence-electron chi connectivity index (χ4n) is 1.23. The number of benzene rings is 1. The Kier molecular flexibility index (Phi) is 4.34. The van der Waals surface area contributed by atoms with Crippen LogP contribution in [-0.2, 0) is 14.3 Å². The number of ketones is 2. The monoisotopic (exact) mass is 232 g/mol. The maximum absolute atomic E-state index is 11.7. The average molecular weight is 232 g/mol. The third-order valence-electron chi connectivity index (χ3n) is 2.12. The van der Waals surface area contributed by atoms with E-state index in [1.807, 2.05) is 0 Å². The van der Waals surface area contributed by atoms with Gasteiger partial charge in [0.25, 0.3) is 0 Å². The van der Waals surface area contributed by atoms with E-state index < -0.39 is 17.5 Å². The van der Waals surface area contributed by atoms with Crippen LogP contribution in [0.4, 0.5) is 0 Å². The fraction of sp³-hybridized carbons (Fsp3) is 0.154. The second-order valence-corrected chi connectivity index (χ2v) is 3.34. The second kappa shape index (κ2) is 5.75. The molecular formula is C13H12O4. The van der Waals surface area contributed by atoms with E-state index in [1.165, 1.54) is 6.92 Å². The van der Waals surface area contributed by atoms with Gasteiger partial charge in [0.2, 0.25) is 0 Å². The van der Waals surface area contributed by atoms with Crippen molar-refractivity contribution in [3.05, 3.63) is 47.5 Å². The molecule has 4 nitrogen and oxygen atoms in total. The van der Waals surface area contributed by atoms with Crippen LogP contribution in [0.1, 0.15) is 17.3 Å². The lowest BCUT2D eigenvalue weighted by Crippen LogP contribution is -2.13. The van der Waals surface area contributed by atoms with E-state index in [-0.39, 0.29) is 5.57 Å². The molecule has 0 saturated carbocycles. The van der Waals surface area contributed by atoms with Gasteiger partial charge in [-0.05, 0) is 6.92 Å². The summed E-state index contributed by atoms with van der Waals surface area (Å²) in [6.07, 6.45) is 1.00. The number of hydrogen-bond donors (Lipinski definition) is 0. The first-order chi connectivity index (χ1) is 8.06. The summed E-state index contributed by atoms with van der Waals surface area (Å²) in [6, 6.07) is 8.38. The van der Waals surface area contributed by atoms with Crippen molar-refractivity contribution < 1.29 is 19.1 Å². The molecule has 0 aliphatic heterocycles. The van der Waals surface area contributed by atoms with Crippen molar-refractivity contribution in [3.63, 3.8) is 0 Å². The highest BCUT2D eigenvalue weighted by molar-refractivity contribution is 6.21. The highest BCUT2D eigenvalue weighted by atomic mass is 16.5. The number of rotatable bonds is 4. The molecule has 0 unspecified atom stereocenters. The maximum atomic E-state index is 11.7. The summed E-state index contributed by atoms with van der Waals surface area (Å²) >= 11 is 0. The van der Waals surface area contributed by atoms with Gasteiger partial charge in [-0.3, -0.25) is 9.59 Å². The molecular weight excluding hydrogens is 220 g/mol. The molecule has 17 heavy (non-hydrogen) atoms. The molecule has 0 N–H and O–H groups in total. The Hall–Kier alpha value is -2.23. The molecule has 88 valence electrons. The van der Waals surface area contributed by atoms with E-state index in [0.717, 1.165) is 13.2 Å². The molecule has 0 spiro atoms. The molecule has 0 fully saturated rings. The lowest BCUT2D eigenvalue weighted by atomic mass is 10.1. The van der Waals surface area contributed by atoms with Crippen molar-refractivity contribution in [3.8, 4) is 0 Å². The summed E-state index contributed by atoms with van der Waals surface area (Å²) < 4.78 is 4.43. The van der Waals surface area contributed by atoms with Crippen LogP contribution in [0.25, 0.3) is 0 Å². The number of carbonyl (C=O) groups excluding carboxylic acids is 3. The largest absolute Gasteiger partial charge is 0.465 e. The standard InChI is InChI=1S/C13H12O4/c1-9(14)11(13(16)17-2)8-12(15)10-6-4-3-5-7-10/h3-8H,1-2H3/b11-8+. The Bertz CT molecular complexity index is 471. The first-order valence-corrected chi connectivity index (χ1v) is 4.96. The highest BCUT2D eigenvalue weighted by Crippen LogP contribution is 2.06. The van der Waals surface area contributed by atoms with Crippen LogP contribution in [0.2, 0.25) is 0 Å². The molecule has 0 aromatic heterocycles. The van der Waals surface area contributed by atoms with Crippen LogP contribution in [-0.4, -0.2) is 24.6 Å². The predicted octanol–water partition coefficient (Wildman–Crippen LogP) is 1.56. The van der Waals surface area contributed by atoms with Crippen molar-refractivity contribution in [1.82, 2.24) is 0 Å². The van der Waals surface area contributed by atoms with Gasteiger partial charge in [0.1, 0.15) is 5.57 Å². The quantitative estimate of drug-likeness (QED) is 0.260. The third-order valence-corrected chi connectivity index (χ3v) is 2.12. The first-order valence-electron chi connectivity index (χ1n) is 4.96. The minimum Gasteiger partial charge on any atom is -0.465 e. The van der Waals surface area contributed by atoms with E-state index in [1.54, 1.807) is 30.3 Å². The molecule has 0 aliphatic carbocycles. The maximum Gasteiger partial charge on any atom is 0.341 e. The zero-order valence-corrected chi connectivity index (χ0v) is 9.60. The second-order valence-electron chi connectivity index (χ2n) is 3.34. The molecule has 0 heterocycles. The Labute approximate surface area is 98.9 Å². The van der Waals surface area contributed by atoms with Crippen LogP contribution in [0.3, 0.4) is 0 Å². The molecule has 0 saturated heterocycles. The zero-order chi connectivity index (χ0) is 12.8. The zero-order valence-electron chi connectivity index (χ0n) is 9.60. The fourth-order valence-corrected chi connectivity index (χ4v) is 1.23. The predicted molar refractivity (Wildman–Crippen MR) is 61.6 cm³/mol. The summed E-state index contributed by atoms with van der Waals surface area (Å²) in [4.78, 5) is 34.2. The van der Waals surface area contributed by atoms with Gasteiger partial charge in [0.15, 0.2) is 11.6 Å². The lowest BCUT2D eigenvalue weighted by molar-refractivity contribution is -0.137. The van der Waals surface area contributed by atoms with Gasteiger partial charge in [-0.15, -0.1) is 0 Å². The molecule has 1 aromatic rings. The lowest BCUT2D eigenvalue weighted by Gasteiger charge is -2.01. The van der Waals surface area contributed by atoms with Crippen LogP contribution < -0.4 is 0 Å². The summed E-state index contributed by atoms with van der Waals surface area (Å²) in [5.41, 5.74) is 0.163.